The minimum Gasteiger partial charge on any atom is -0.361 e. The molecule has 4 rings (SSSR count). The minimum atomic E-state index is -0.473. The molecule has 3 aromatic rings. The van der Waals surface area contributed by atoms with Gasteiger partial charge in [-0.25, -0.2) is 4.39 Å². The molecule has 1 aliphatic rings. The van der Waals surface area contributed by atoms with Crippen molar-refractivity contribution in [2.24, 2.45) is 0 Å². The average molecular weight is 322 g/mol. The van der Waals surface area contributed by atoms with Crippen LogP contribution in [-0.2, 0) is 16.8 Å². The van der Waals surface area contributed by atoms with Gasteiger partial charge in [-0.05, 0) is 54.7 Å². The van der Waals surface area contributed by atoms with E-state index in [1.165, 1.54) is 17.7 Å². The van der Waals surface area contributed by atoms with E-state index >= 15 is 0 Å². The van der Waals surface area contributed by atoms with Gasteiger partial charge < -0.3 is 10.3 Å². The molecule has 4 heteroatoms. The van der Waals surface area contributed by atoms with E-state index in [1.807, 2.05) is 37.4 Å². The molecule has 24 heavy (non-hydrogen) atoms. The van der Waals surface area contributed by atoms with Crippen molar-refractivity contribution in [3.8, 4) is 0 Å². The Labute approximate surface area is 139 Å². The summed E-state index contributed by atoms with van der Waals surface area (Å²) in [5.74, 6) is -0.222. The summed E-state index contributed by atoms with van der Waals surface area (Å²) >= 11 is 0. The lowest BCUT2D eigenvalue weighted by molar-refractivity contribution is -0.123. The summed E-state index contributed by atoms with van der Waals surface area (Å²) in [6.07, 6.45) is 3.51. The second kappa shape index (κ2) is 5.48. The van der Waals surface area contributed by atoms with Crippen LogP contribution in [-0.4, -0.2) is 10.9 Å². The molecule has 1 aliphatic carbocycles. The number of amides is 1. The number of H-pyrrole nitrogens is 1. The maximum absolute atomic E-state index is 13.4. The molecule has 0 bridgehead atoms. The minimum absolute atomic E-state index is 0.0518. The zero-order chi connectivity index (χ0) is 16.7. The number of nitrogens with one attached hydrogen (secondary N) is 2. The fourth-order valence-corrected chi connectivity index (χ4v) is 3.39. The molecule has 0 radical (unpaired) electrons. The van der Waals surface area contributed by atoms with Crippen molar-refractivity contribution in [1.82, 2.24) is 10.3 Å². The molecule has 0 aliphatic heterocycles. The Bertz CT molecular complexity index is 924. The first-order valence-electron chi connectivity index (χ1n) is 8.20. The molecule has 1 fully saturated rings. The van der Waals surface area contributed by atoms with Gasteiger partial charge >= 0.3 is 0 Å². The molecule has 0 atom stereocenters. The van der Waals surface area contributed by atoms with E-state index in [1.54, 1.807) is 6.07 Å². The number of rotatable bonds is 4. The van der Waals surface area contributed by atoms with Crippen LogP contribution in [0.3, 0.4) is 0 Å². The van der Waals surface area contributed by atoms with Crippen molar-refractivity contribution in [2.75, 3.05) is 0 Å². The highest BCUT2D eigenvalue weighted by atomic mass is 19.1. The van der Waals surface area contributed by atoms with Crippen molar-refractivity contribution in [3.05, 3.63) is 71.2 Å². The van der Waals surface area contributed by atoms with Gasteiger partial charge in [0, 0.05) is 23.6 Å². The summed E-state index contributed by atoms with van der Waals surface area (Å²) in [5.41, 5.74) is 3.54. The van der Waals surface area contributed by atoms with E-state index in [-0.39, 0.29) is 11.7 Å². The van der Waals surface area contributed by atoms with Gasteiger partial charge in [-0.1, -0.05) is 24.3 Å². The van der Waals surface area contributed by atoms with Crippen LogP contribution in [0.4, 0.5) is 4.39 Å². The van der Waals surface area contributed by atoms with Crippen LogP contribution in [0.15, 0.2) is 48.7 Å². The first-order valence-corrected chi connectivity index (χ1v) is 8.20. The zero-order valence-electron chi connectivity index (χ0n) is 13.5. The molecule has 1 saturated carbocycles. The maximum Gasteiger partial charge on any atom is 0.231 e. The van der Waals surface area contributed by atoms with Crippen LogP contribution < -0.4 is 5.32 Å². The predicted molar refractivity (Wildman–Crippen MR) is 92.2 cm³/mol. The van der Waals surface area contributed by atoms with Gasteiger partial charge in [0.25, 0.3) is 0 Å². The first kappa shape index (κ1) is 14.9. The quantitative estimate of drug-likeness (QED) is 0.750. The van der Waals surface area contributed by atoms with E-state index in [9.17, 15) is 9.18 Å². The standard InChI is InChI=1S/C20H19FN2O/c1-13-4-2-3-5-14(13)11-23-19(24)20(8-9-20)17-12-22-18-10-15(21)6-7-16(17)18/h2-7,10,12,22H,8-9,11H2,1H3,(H,23,24). The largest absolute Gasteiger partial charge is 0.361 e. The van der Waals surface area contributed by atoms with Crippen molar-refractivity contribution in [3.63, 3.8) is 0 Å². The Morgan fingerprint density at radius 1 is 1.25 bits per heavy atom. The van der Waals surface area contributed by atoms with Crippen molar-refractivity contribution in [2.45, 2.75) is 31.7 Å². The van der Waals surface area contributed by atoms with E-state index in [0.29, 0.717) is 6.54 Å². The van der Waals surface area contributed by atoms with Crippen LogP contribution in [0.25, 0.3) is 10.9 Å². The van der Waals surface area contributed by atoms with Gasteiger partial charge in [-0.15, -0.1) is 0 Å². The third-order valence-corrected chi connectivity index (χ3v) is 5.04. The molecule has 1 heterocycles. The van der Waals surface area contributed by atoms with Crippen molar-refractivity contribution in [1.29, 1.82) is 0 Å². The summed E-state index contributed by atoms with van der Waals surface area (Å²) in [6.45, 7) is 2.58. The summed E-state index contributed by atoms with van der Waals surface area (Å²) in [6, 6.07) is 12.7. The van der Waals surface area contributed by atoms with E-state index in [0.717, 1.165) is 34.9 Å². The number of carbonyl (C=O) groups excluding carboxylic acids is 1. The molecule has 0 saturated heterocycles. The number of hydrogen-bond acceptors (Lipinski definition) is 1. The maximum atomic E-state index is 13.4. The molecule has 0 unspecified atom stereocenters. The number of aromatic amines is 1. The molecule has 1 amide bonds. The number of hydrogen-bond donors (Lipinski definition) is 2. The third kappa shape index (κ3) is 2.39. The lowest BCUT2D eigenvalue weighted by Crippen LogP contribution is -2.34. The Morgan fingerprint density at radius 3 is 2.79 bits per heavy atom. The monoisotopic (exact) mass is 322 g/mol. The average Bonchev–Trinajstić information content (AvgIpc) is 3.28. The zero-order valence-corrected chi connectivity index (χ0v) is 13.5. The Balaban J connectivity index is 1.58. The van der Waals surface area contributed by atoms with Crippen LogP contribution in [0, 0.1) is 12.7 Å². The number of fused-ring (bicyclic) bond motifs is 1. The van der Waals surface area contributed by atoms with Crippen LogP contribution in [0.5, 0.6) is 0 Å². The van der Waals surface area contributed by atoms with E-state index in [4.69, 9.17) is 0 Å². The summed E-state index contributed by atoms with van der Waals surface area (Å²) in [7, 11) is 0. The first-order chi connectivity index (χ1) is 11.6. The van der Waals surface area contributed by atoms with Gasteiger partial charge in [-0.3, -0.25) is 4.79 Å². The van der Waals surface area contributed by atoms with E-state index in [2.05, 4.69) is 10.3 Å². The predicted octanol–water partition coefficient (Wildman–Crippen LogP) is 3.96. The van der Waals surface area contributed by atoms with Crippen LogP contribution in [0.1, 0.15) is 29.5 Å². The number of aromatic nitrogens is 1. The molecular weight excluding hydrogens is 303 g/mol. The van der Waals surface area contributed by atoms with Gasteiger partial charge in [0.05, 0.1) is 5.41 Å². The summed E-state index contributed by atoms with van der Waals surface area (Å²) < 4.78 is 13.4. The van der Waals surface area contributed by atoms with Crippen molar-refractivity contribution >= 4 is 16.8 Å². The Hall–Kier alpha value is -2.62. The molecule has 122 valence electrons. The fraction of sp³-hybridized carbons (Fsp3) is 0.250. The normalized spacial score (nSPS) is 15.4. The molecule has 2 aromatic carbocycles. The Morgan fingerprint density at radius 2 is 2.04 bits per heavy atom. The lowest BCUT2D eigenvalue weighted by Gasteiger charge is -2.16. The lowest BCUT2D eigenvalue weighted by atomic mass is 9.94. The summed E-state index contributed by atoms with van der Waals surface area (Å²) in [4.78, 5) is 15.9. The van der Waals surface area contributed by atoms with Crippen LogP contribution in [0.2, 0.25) is 0 Å². The van der Waals surface area contributed by atoms with Gasteiger partial charge in [0.1, 0.15) is 5.82 Å². The number of carbonyl (C=O) groups is 1. The molecule has 3 nitrogen and oxygen atoms in total. The number of halogens is 1. The fourth-order valence-electron chi connectivity index (χ4n) is 3.39. The number of aryl methyl sites for hydroxylation is 1. The highest BCUT2D eigenvalue weighted by molar-refractivity contribution is 5.97. The molecular formula is C20H19FN2O. The highest BCUT2D eigenvalue weighted by Crippen LogP contribution is 2.50. The van der Waals surface area contributed by atoms with Crippen molar-refractivity contribution < 1.29 is 9.18 Å². The topological polar surface area (TPSA) is 44.9 Å². The number of benzene rings is 2. The van der Waals surface area contributed by atoms with Gasteiger partial charge in [0.2, 0.25) is 5.91 Å². The molecule has 1 aromatic heterocycles. The highest BCUT2D eigenvalue weighted by Gasteiger charge is 2.52. The van der Waals surface area contributed by atoms with Crippen LogP contribution >= 0.6 is 0 Å². The molecule has 2 N–H and O–H groups in total. The Kier molecular flexibility index (Phi) is 3.41. The SMILES string of the molecule is Cc1ccccc1CNC(=O)C1(c2c[nH]c3cc(F)ccc23)CC1. The molecule has 0 spiro atoms. The van der Waals surface area contributed by atoms with Gasteiger partial charge in [-0.2, -0.15) is 0 Å². The van der Waals surface area contributed by atoms with E-state index < -0.39 is 5.41 Å². The summed E-state index contributed by atoms with van der Waals surface area (Å²) in [5, 5.41) is 4.01. The smallest absolute Gasteiger partial charge is 0.231 e. The van der Waals surface area contributed by atoms with Gasteiger partial charge in [0.15, 0.2) is 0 Å². The third-order valence-electron chi connectivity index (χ3n) is 5.04. The second-order valence-electron chi connectivity index (χ2n) is 6.58. The second-order valence-corrected chi connectivity index (χ2v) is 6.58.